The second-order valence-electron chi connectivity index (χ2n) is 7.48. The molecule has 2 aromatic carbocycles. The van der Waals surface area contributed by atoms with Gasteiger partial charge in [0.05, 0.1) is 17.6 Å². The van der Waals surface area contributed by atoms with Gasteiger partial charge in [-0.15, -0.1) is 0 Å². The van der Waals surface area contributed by atoms with Gasteiger partial charge in [0, 0.05) is 21.6 Å². The van der Waals surface area contributed by atoms with E-state index in [0.717, 1.165) is 16.6 Å². The van der Waals surface area contributed by atoms with E-state index >= 15 is 0 Å². The number of fused-ring (bicyclic) bond motifs is 1. The number of nitrogens with zero attached hydrogens (tertiary/aromatic N) is 4. The molecule has 5 rings (SSSR count). The van der Waals surface area contributed by atoms with E-state index in [9.17, 15) is 4.79 Å². The Morgan fingerprint density at radius 2 is 1.91 bits per heavy atom. The molecule has 164 valence electrons. The molecule has 0 bridgehead atoms. The molecule has 0 radical (unpaired) electrons. The predicted octanol–water partition coefficient (Wildman–Crippen LogP) is 6.63. The van der Waals surface area contributed by atoms with Gasteiger partial charge in [0.25, 0.3) is 11.7 Å². The molecule has 0 saturated carbocycles. The van der Waals surface area contributed by atoms with Crippen molar-refractivity contribution in [2.45, 2.75) is 13.5 Å². The zero-order valence-electron chi connectivity index (χ0n) is 17.2. The van der Waals surface area contributed by atoms with Crippen LogP contribution in [-0.2, 0) is 6.54 Å². The molecule has 0 spiro atoms. The van der Waals surface area contributed by atoms with Crippen molar-refractivity contribution in [3.63, 3.8) is 0 Å². The summed E-state index contributed by atoms with van der Waals surface area (Å²) in [7, 11) is 0. The third kappa shape index (κ3) is 4.02. The molecule has 0 atom stereocenters. The standard InChI is InChI=1S/C24H15Cl3N4O2/c1-13-5-8-19-16(10-13)20(22(27)31(19)12-14-6-7-15(25)11-17(14)26)21(32)24-29-23(30-33-24)18-4-2-3-9-28-18/h2-11H,12H2,1H3. The van der Waals surface area contributed by atoms with Crippen LogP contribution in [0.5, 0.6) is 0 Å². The van der Waals surface area contributed by atoms with Gasteiger partial charge in [0.1, 0.15) is 10.8 Å². The number of hydrogen-bond acceptors (Lipinski definition) is 5. The maximum absolute atomic E-state index is 13.5. The van der Waals surface area contributed by atoms with E-state index in [0.29, 0.717) is 27.7 Å². The van der Waals surface area contributed by atoms with Crippen LogP contribution in [0.3, 0.4) is 0 Å². The Labute approximate surface area is 203 Å². The third-order valence-corrected chi connectivity index (χ3v) is 6.22. The van der Waals surface area contributed by atoms with Crippen LogP contribution in [0.4, 0.5) is 0 Å². The van der Waals surface area contributed by atoms with Gasteiger partial charge in [-0.3, -0.25) is 9.78 Å². The van der Waals surface area contributed by atoms with Crippen molar-refractivity contribution >= 4 is 51.5 Å². The Bertz CT molecular complexity index is 1510. The molecule has 3 heterocycles. The van der Waals surface area contributed by atoms with E-state index in [1.165, 1.54) is 0 Å². The number of aryl methyl sites for hydroxylation is 1. The topological polar surface area (TPSA) is 73.8 Å². The van der Waals surface area contributed by atoms with Crippen molar-refractivity contribution in [3.8, 4) is 11.5 Å². The summed E-state index contributed by atoms with van der Waals surface area (Å²) in [5, 5.41) is 5.90. The van der Waals surface area contributed by atoms with Crippen molar-refractivity contribution in [2.24, 2.45) is 0 Å². The SMILES string of the molecule is Cc1ccc2c(c1)c(C(=O)c1nc(-c3ccccn3)no1)c(Cl)n2Cc1ccc(Cl)cc1Cl. The monoisotopic (exact) mass is 496 g/mol. The van der Waals surface area contributed by atoms with E-state index in [1.54, 1.807) is 36.5 Å². The highest BCUT2D eigenvalue weighted by Crippen LogP contribution is 2.34. The first-order chi connectivity index (χ1) is 15.9. The molecule has 5 aromatic rings. The second kappa shape index (κ2) is 8.63. The number of aromatic nitrogens is 4. The van der Waals surface area contributed by atoms with Crippen LogP contribution in [0, 0.1) is 6.92 Å². The fourth-order valence-electron chi connectivity index (χ4n) is 3.65. The quantitative estimate of drug-likeness (QED) is 0.255. The average molecular weight is 498 g/mol. The highest BCUT2D eigenvalue weighted by Gasteiger charge is 2.27. The maximum atomic E-state index is 13.5. The first-order valence-electron chi connectivity index (χ1n) is 9.94. The molecule has 0 N–H and O–H groups in total. The maximum Gasteiger partial charge on any atom is 0.299 e. The Balaban J connectivity index is 1.61. The van der Waals surface area contributed by atoms with Gasteiger partial charge >= 0.3 is 0 Å². The fourth-order valence-corrected chi connectivity index (χ4v) is 4.46. The molecular formula is C24H15Cl3N4O2. The summed E-state index contributed by atoms with van der Waals surface area (Å²) in [4.78, 5) is 21.9. The first-order valence-corrected chi connectivity index (χ1v) is 11.1. The number of pyridine rings is 1. The van der Waals surface area contributed by atoms with Crippen LogP contribution in [0.2, 0.25) is 15.2 Å². The Hall–Kier alpha value is -3.19. The summed E-state index contributed by atoms with van der Waals surface area (Å²) >= 11 is 19.2. The van der Waals surface area contributed by atoms with Crippen molar-refractivity contribution < 1.29 is 9.32 Å². The Morgan fingerprint density at radius 1 is 1.06 bits per heavy atom. The first kappa shape index (κ1) is 21.6. The summed E-state index contributed by atoms with van der Waals surface area (Å²) < 4.78 is 7.10. The summed E-state index contributed by atoms with van der Waals surface area (Å²) in [6.45, 7) is 2.30. The normalized spacial score (nSPS) is 11.3. The predicted molar refractivity (Wildman–Crippen MR) is 128 cm³/mol. The van der Waals surface area contributed by atoms with Crippen LogP contribution in [0.1, 0.15) is 27.4 Å². The molecule has 9 heteroatoms. The van der Waals surface area contributed by atoms with E-state index in [4.69, 9.17) is 39.3 Å². The smallest absolute Gasteiger partial charge is 0.299 e. The molecule has 0 aliphatic rings. The van der Waals surface area contributed by atoms with Gasteiger partial charge in [0.15, 0.2) is 0 Å². The van der Waals surface area contributed by atoms with Gasteiger partial charge in [-0.25, -0.2) is 0 Å². The van der Waals surface area contributed by atoms with E-state index in [-0.39, 0.29) is 22.4 Å². The molecule has 0 aliphatic heterocycles. The molecule has 0 fully saturated rings. The van der Waals surface area contributed by atoms with Gasteiger partial charge in [0.2, 0.25) is 5.82 Å². The average Bonchev–Trinajstić information content (AvgIpc) is 3.39. The summed E-state index contributed by atoms with van der Waals surface area (Å²) in [5.41, 5.74) is 3.37. The number of carbonyl (C=O) groups is 1. The van der Waals surface area contributed by atoms with Gasteiger partial charge < -0.3 is 9.09 Å². The highest BCUT2D eigenvalue weighted by molar-refractivity contribution is 6.37. The number of ketones is 1. The van der Waals surface area contributed by atoms with Crippen LogP contribution in [-0.4, -0.2) is 25.5 Å². The lowest BCUT2D eigenvalue weighted by Gasteiger charge is -2.10. The number of rotatable bonds is 5. The molecule has 3 aromatic heterocycles. The summed E-state index contributed by atoms with van der Waals surface area (Å²) in [5.74, 6) is -0.406. The van der Waals surface area contributed by atoms with E-state index in [2.05, 4.69) is 15.1 Å². The molecule has 0 aliphatic carbocycles. The Kier molecular flexibility index (Phi) is 5.66. The minimum atomic E-state index is -0.466. The van der Waals surface area contributed by atoms with E-state index in [1.807, 2.05) is 35.8 Å². The zero-order chi connectivity index (χ0) is 23.1. The minimum absolute atomic E-state index is 0.164. The zero-order valence-corrected chi connectivity index (χ0v) is 19.5. The van der Waals surface area contributed by atoms with Crippen molar-refractivity contribution in [2.75, 3.05) is 0 Å². The van der Waals surface area contributed by atoms with Crippen LogP contribution >= 0.6 is 34.8 Å². The molecule has 33 heavy (non-hydrogen) atoms. The number of halogens is 3. The Morgan fingerprint density at radius 3 is 2.67 bits per heavy atom. The van der Waals surface area contributed by atoms with Gasteiger partial charge in [-0.2, -0.15) is 4.98 Å². The largest absolute Gasteiger partial charge is 0.330 e. The molecule has 0 saturated heterocycles. The molecular weight excluding hydrogens is 483 g/mol. The lowest BCUT2D eigenvalue weighted by Crippen LogP contribution is -2.04. The van der Waals surface area contributed by atoms with Crippen LogP contribution < -0.4 is 0 Å². The lowest BCUT2D eigenvalue weighted by molar-refractivity contribution is 0.0995. The summed E-state index contributed by atoms with van der Waals surface area (Å²) in [6.07, 6.45) is 1.61. The number of benzene rings is 2. The van der Waals surface area contributed by atoms with Crippen LogP contribution in [0.25, 0.3) is 22.4 Å². The lowest BCUT2D eigenvalue weighted by atomic mass is 10.1. The van der Waals surface area contributed by atoms with Gasteiger partial charge in [-0.05, 0) is 48.9 Å². The molecule has 0 unspecified atom stereocenters. The van der Waals surface area contributed by atoms with Crippen molar-refractivity contribution in [1.82, 2.24) is 19.7 Å². The van der Waals surface area contributed by atoms with E-state index < -0.39 is 5.78 Å². The van der Waals surface area contributed by atoms with Gasteiger partial charge in [-0.1, -0.05) is 63.7 Å². The highest BCUT2D eigenvalue weighted by atomic mass is 35.5. The van der Waals surface area contributed by atoms with Crippen molar-refractivity contribution in [3.05, 3.63) is 98.6 Å². The second-order valence-corrected chi connectivity index (χ2v) is 8.68. The van der Waals surface area contributed by atoms with Crippen molar-refractivity contribution in [1.29, 1.82) is 0 Å². The molecule has 0 amide bonds. The fraction of sp³-hybridized carbons (Fsp3) is 0.0833. The number of carbonyl (C=O) groups excluding carboxylic acids is 1. The third-order valence-electron chi connectivity index (χ3n) is 5.24. The number of hydrogen-bond donors (Lipinski definition) is 0. The molecule has 6 nitrogen and oxygen atoms in total. The van der Waals surface area contributed by atoms with Crippen LogP contribution in [0.15, 0.2) is 65.3 Å². The summed E-state index contributed by atoms with van der Waals surface area (Å²) in [6, 6.07) is 16.4. The minimum Gasteiger partial charge on any atom is -0.330 e.